The summed E-state index contributed by atoms with van der Waals surface area (Å²) in [6, 6.07) is 9.71. The van der Waals surface area contributed by atoms with E-state index in [-0.39, 0.29) is 25.1 Å². The van der Waals surface area contributed by atoms with Crippen molar-refractivity contribution in [3.05, 3.63) is 35.9 Å². The summed E-state index contributed by atoms with van der Waals surface area (Å²) in [4.78, 5) is 25.3. The summed E-state index contributed by atoms with van der Waals surface area (Å²) < 4.78 is 5.21. The Morgan fingerprint density at radius 2 is 1.91 bits per heavy atom. The Kier molecular flexibility index (Phi) is 6.44. The van der Waals surface area contributed by atoms with Gasteiger partial charge in [0.1, 0.15) is 13.2 Å². The Hall–Kier alpha value is -2.04. The van der Waals surface area contributed by atoms with Crippen molar-refractivity contribution < 1.29 is 14.3 Å². The maximum absolute atomic E-state index is 12.1. The van der Waals surface area contributed by atoms with Crippen LogP contribution in [0.3, 0.4) is 0 Å². The molecule has 0 unspecified atom stereocenters. The SMILES string of the molecule is C[C@H]1CCCC[C@H]1NC(=O)CN(C)C(=O)OCc1ccccc1. The standard InChI is InChI=1S/C18H26N2O3/c1-14-8-6-7-11-16(14)19-17(21)12-20(2)18(22)23-13-15-9-4-3-5-10-15/h3-5,9-10,14,16H,6-8,11-13H2,1-2H3,(H,19,21)/t14-,16+/m0/s1. The van der Waals surface area contributed by atoms with Gasteiger partial charge < -0.3 is 15.0 Å². The maximum atomic E-state index is 12.1. The van der Waals surface area contributed by atoms with Crippen molar-refractivity contribution in [2.24, 2.45) is 5.92 Å². The number of likely N-dealkylation sites (N-methyl/N-ethyl adjacent to an activating group) is 1. The van der Waals surface area contributed by atoms with Gasteiger partial charge in [0, 0.05) is 13.1 Å². The predicted molar refractivity (Wildman–Crippen MR) is 88.8 cm³/mol. The number of benzene rings is 1. The lowest BCUT2D eigenvalue weighted by molar-refractivity contribution is -0.123. The maximum Gasteiger partial charge on any atom is 0.410 e. The highest BCUT2D eigenvalue weighted by molar-refractivity contribution is 5.82. The van der Waals surface area contributed by atoms with E-state index in [9.17, 15) is 9.59 Å². The van der Waals surface area contributed by atoms with Gasteiger partial charge in [-0.1, -0.05) is 50.1 Å². The number of amides is 2. The number of carbonyl (C=O) groups excluding carboxylic acids is 2. The second-order valence-corrected chi connectivity index (χ2v) is 6.33. The van der Waals surface area contributed by atoms with Gasteiger partial charge >= 0.3 is 6.09 Å². The molecule has 2 atom stereocenters. The summed E-state index contributed by atoms with van der Waals surface area (Å²) >= 11 is 0. The van der Waals surface area contributed by atoms with Crippen molar-refractivity contribution in [3.8, 4) is 0 Å². The second kappa shape index (κ2) is 8.56. The minimum absolute atomic E-state index is 0.0246. The molecular formula is C18H26N2O3. The van der Waals surface area contributed by atoms with Crippen LogP contribution in [0.2, 0.25) is 0 Å². The zero-order chi connectivity index (χ0) is 16.7. The number of hydrogen-bond donors (Lipinski definition) is 1. The van der Waals surface area contributed by atoms with Crippen LogP contribution >= 0.6 is 0 Å². The van der Waals surface area contributed by atoms with Crippen LogP contribution in [-0.4, -0.2) is 36.5 Å². The quantitative estimate of drug-likeness (QED) is 0.908. The molecule has 2 rings (SSSR count). The minimum Gasteiger partial charge on any atom is -0.445 e. The highest BCUT2D eigenvalue weighted by atomic mass is 16.6. The van der Waals surface area contributed by atoms with Gasteiger partial charge in [0.25, 0.3) is 0 Å². The van der Waals surface area contributed by atoms with E-state index in [1.807, 2.05) is 30.3 Å². The second-order valence-electron chi connectivity index (χ2n) is 6.33. The topological polar surface area (TPSA) is 58.6 Å². The molecule has 0 radical (unpaired) electrons. The first-order chi connectivity index (χ1) is 11.1. The van der Waals surface area contributed by atoms with Crippen LogP contribution in [-0.2, 0) is 16.1 Å². The van der Waals surface area contributed by atoms with Gasteiger partial charge in [-0.15, -0.1) is 0 Å². The van der Waals surface area contributed by atoms with Crippen LogP contribution in [0, 0.1) is 5.92 Å². The molecule has 1 aliphatic carbocycles. The first kappa shape index (κ1) is 17.3. The Balaban J connectivity index is 1.73. The molecule has 0 saturated heterocycles. The van der Waals surface area contributed by atoms with Gasteiger partial charge in [-0.05, 0) is 24.3 Å². The van der Waals surface area contributed by atoms with Gasteiger partial charge in [-0.3, -0.25) is 4.79 Å². The molecule has 0 aliphatic heterocycles. The van der Waals surface area contributed by atoms with Gasteiger partial charge in [-0.25, -0.2) is 4.79 Å². The monoisotopic (exact) mass is 318 g/mol. The number of nitrogens with zero attached hydrogens (tertiary/aromatic N) is 1. The summed E-state index contributed by atoms with van der Waals surface area (Å²) in [5, 5.41) is 3.04. The van der Waals surface area contributed by atoms with E-state index in [4.69, 9.17) is 4.74 Å². The van der Waals surface area contributed by atoms with Crippen LogP contribution < -0.4 is 5.32 Å². The van der Waals surface area contributed by atoms with Crippen molar-refractivity contribution in [3.63, 3.8) is 0 Å². The lowest BCUT2D eigenvalue weighted by atomic mass is 9.86. The molecular weight excluding hydrogens is 292 g/mol. The lowest BCUT2D eigenvalue weighted by Crippen LogP contribution is -2.46. The van der Waals surface area contributed by atoms with Gasteiger partial charge in [0.2, 0.25) is 5.91 Å². The fourth-order valence-corrected chi connectivity index (χ4v) is 2.89. The number of ether oxygens (including phenoxy) is 1. The third kappa shape index (κ3) is 5.58. The molecule has 1 aromatic carbocycles. The molecule has 1 fully saturated rings. The molecule has 126 valence electrons. The van der Waals surface area contributed by atoms with Crippen LogP contribution in [0.4, 0.5) is 4.79 Å². The highest BCUT2D eigenvalue weighted by Crippen LogP contribution is 2.23. The Morgan fingerprint density at radius 1 is 1.22 bits per heavy atom. The molecule has 1 N–H and O–H groups in total. The third-order valence-corrected chi connectivity index (χ3v) is 4.36. The molecule has 0 heterocycles. The fraction of sp³-hybridized carbons (Fsp3) is 0.556. The number of rotatable bonds is 5. The van der Waals surface area contributed by atoms with Crippen molar-refractivity contribution in [1.82, 2.24) is 10.2 Å². The molecule has 0 aromatic heterocycles. The summed E-state index contributed by atoms with van der Waals surface area (Å²) in [7, 11) is 1.58. The van der Waals surface area contributed by atoms with Crippen molar-refractivity contribution in [1.29, 1.82) is 0 Å². The molecule has 5 nitrogen and oxygen atoms in total. The zero-order valence-corrected chi connectivity index (χ0v) is 14.0. The van der Waals surface area contributed by atoms with E-state index in [1.165, 1.54) is 11.3 Å². The molecule has 2 amide bonds. The highest BCUT2D eigenvalue weighted by Gasteiger charge is 2.24. The van der Waals surface area contributed by atoms with E-state index in [2.05, 4.69) is 12.2 Å². The Bertz CT molecular complexity index is 518. The normalized spacial score (nSPS) is 20.6. The van der Waals surface area contributed by atoms with Gasteiger partial charge in [0.05, 0.1) is 0 Å². The molecule has 0 spiro atoms. The predicted octanol–water partition coefficient (Wildman–Crippen LogP) is 2.95. The Morgan fingerprint density at radius 3 is 2.61 bits per heavy atom. The van der Waals surface area contributed by atoms with Crippen LogP contribution in [0.1, 0.15) is 38.2 Å². The third-order valence-electron chi connectivity index (χ3n) is 4.36. The first-order valence-electron chi connectivity index (χ1n) is 8.27. The van der Waals surface area contributed by atoms with Crippen molar-refractivity contribution in [2.45, 2.75) is 45.3 Å². The van der Waals surface area contributed by atoms with Crippen molar-refractivity contribution >= 4 is 12.0 Å². The van der Waals surface area contributed by atoms with E-state index >= 15 is 0 Å². The van der Waals surface area contributed by atoms with Crippen LogP contribution in [0.5, 0.6) is 0 Å². The van der Waals surface area contributed by atoms with Crippen molar-refractivity contribution in [2.75, 3.05) is 13.6 Å². The Labute approximate surface area is 138 Å². The van der Waals surface area contributed by atoms with E-state index in [1.54, 1.807) is 7.05 Å². The molecule has 5 heteroatoms. The zero-order valence-electron chi connectivity index (χ0n) is 14.0. The fourth-order valence-electron chi connectivity index (χ4n) is 2.89. The molecule has 23 heavy (non-hydrogen) atoms. The number of hydrogen-bond acceptors (Lipinski definition) is 3. The largest absolute Gasteiger partial charge is 0.445 e. The van der Waals surface area contributed by atoms with E-state index in [0.29, 0.717) is 5.92 Å². The molecule has 0 bridgehead atoms. The average molecular weight is 318 g/mol. The number of carbonyl (C=O) groups is 2. The van der Waals surface area contributed by atoms with Gasteiger partial charge in [-0.2, -0.15) is 0 Å². The van der Waals surface area contributed by atoms with E-state index < -0.39 is 6.09 Å². The number of nitrogens with one attached hydrogen (secondary N) is 1. The minimum atomic E-state index is -0.485. The smallest absolute Gasteiger partial charge is 0.410 e. The summed E-state index contributed by atoms with van der Waals surface area (Å²) in [6.07, 6.45) is 4.08. The summed E-state index contributed by atoms with van der Waals surface area (Å²) in [6.45, 7) is 2.41. The average Bonchev–Trinajstić information content (AvgIpc) is 2.55. The molecule has 1 aliphatic rings. The van der Waals surface area contributed by atoms with Crippen LogP contribution in [0.15, 0.2) is 30.3 Å². The van der Waals surface area contributed by atoms with Crippen LogP contribution in [0.25, 0.3) is 0 Å². The molecule has 1 aromatic rings. The lowest BCUT2D eigenvalue weighted by Gasteiger charge is -2.30. The first-order valence-corrected chi connectivity index (χ1v) is 8.27. The van der Waals surface area contributed by atoms with Gasteiger partial charge in [0.15, 0.2) is 0 Å². The van der Waals surface area contributed by atoms with E-state index in [0.717, 1.165) is 24.8 Å². The summed E-state index contributed by atoms with van der Waals surface area (Å²) in [5.41, 5.74) is 0.926. The summed E-state index contributed by atoms with van der Waals surface area (Å²) in [5.74, 6) is 0.381. The molecule has 1 saturated carbocycles.